The molecule has 1 aromatic carbocycles. The summed E-state index contributed by atoms with van der Waals surface area (Å²) >= 11 is 0. The number of ether oxygens (including phenoxy) is 1. The fraction of sp³-hybridized carbons (Fsp3) is 0.429. The lowest BCUT2D eigenvalue weighted by atomic mass is 9.99. The van der Waals surface area contributed by atoms with Crippen LogP contribution in [0.3, 0.4) is 0 Å². The van der Waals surface area contributed by atoms with E-state index in [9.17, 15) is 9.59 Å². The number of amides is 2. The largest absolute Gasteiger partial charge is 0.493 e. The van der Waals surface area contributed by atoms with E-state index in [-0.39, 0.29) is 18.9 Å². The average Bonchev–Trinajstić information content (AvgIpc) is 2.40. The van der Waals surface area contributed by atoms with Gasteiger partial charge in [0.1, 0.15) is 5.75 Å². The van der Waals surface area contributed by atoms with Crippen LogP contribution < -0.4 is 21.5 Å². The van der Waals surface area contributed by atoms with Crippen LogP contribution in [0.4, 0.5) is 5.69 Å². The summed E-state index contributed by atoms with van der Waals surface area (Å²) < 4.78 is 5.33. The Kier molecular flexibility index (Phi) is 5.52. The number of nitrogens with one attached hydrogen (secondary N) is 1. The van der Waals surface area contributed by atoms with Gasteiger partial charge in [0.15, 0.2) is 0 Å². The predicted octanol–water partition coefficient (Wildman–Crippen LogP) is 1.01. The van der Waals surface area contributed by atoms with Crippen molar-refractivity contribution >= 4 is 17.5 Å². The summed E-state index contributed by atoms with van der Waals surface area (Å²) in [6, 6.07) is 6.83. The van der Waals surface area contributed by atoms with Gasteiger partial charge in [0.05, 0.1) is 18.6 Å². The Balaban J connectivity index is 2.54. The number of nitrogens with two attached hydrogens (primary N) is 2. The van der Waals surface area contributed by atoms with E-state index >= 15 is 0 Å². The van der Waals surface area contributed by atoms with Crippen LogP contribution in [0.25, 0.3) is 0 Å². The maximum absolute atomic E-state index is 11.9. The number of rotatable bonds is 7. The first-order valence-corrected chi connectivity index (χ1v) is 6.46. The van der Waals surface area contributed by atoms with Gasteiger partial charge in [-0.05, 0) is 37.6 Å². The number of carbonyl (C=O) groups excluding carboxylic acids is 2. The first kappa shape index (κ1) is 16.0. The summed E-state index contributed by atoms with van der Waals surface area (Å²) in [4.78, 5) is 22.4. The molecule has 0 aliphatic carbocycles. The molecule has 0 spiro atoms. The predicted molar refractivity (Wildman–Crippen MR) is 77.3 cm³/mol. The molecule has 5 N–H and O–H groups in total. The molecule has 0 aliphatic heterocycles. The molecule has 0 fully saturated rings. The quantitative estimate of drug-likeness (QED) is 0.692. The number of primary amides is 1. The lowest BCUT2D eigenvalue weighted by Gasteiger charge is -2.21. The molecular weight excluding hydrogens is 258 g/mol. The molecule has 20 heavy (non-hydrogen) atoms. The van der Waals surface area contributed by atoms with E-state index in [0.717, 1.165) is 0 Å². The highest BCUT2D eigenvalue weighted by atomic mass is 16.5. The molecule has 1 unspecified atom stereocenters. The first-order valence-electron chi connectivity index (χ1n) is 6.46. The third-order valence-corrected chi connectivity index (χ3v) is 2.98. The maximum Gasteiger partial charge on any atom is 0.244 e. The number of benzene rings is 1. The van der Waals surface area contributed by atoms with Crippen LogP contribution in [0.5, 0.6) is 5.75 Å². The lowest BCUT2D eigenvalue weighted by molar-refractivity contribution is -0.121. The standard InChI is InChI=1S/C14H21N3O3/c1-3-14(2,16)13(19)17-10-4-6-11(7-5-10)20-9-8-12(15)18/h4-7H,3,8-9,16H2,1-2H3,(H2,15,18)(H,17,19). The minimum Gasteiger partial charge on any atom is -0.493 e. The average molecular weight is 279 g/mol. The van der Waals surface area contributed by atoms with Gasteiger partial charge in [-0.2, -0.15) is 0 Å². The molecule has 0 saturated heterocycles. The molecule has 2 amide bonds. The van der Waals surface area contributed by atoms with Crippen LogP contribution in [0.15, 0.2) is 24.3 Å². The summed E-state index contributed by atoms with van der Waals surface area (Å²) in [6.07, 6.45) is 0.716. The Labute approximate surface area is 118 Å². The van der Waals surface area contributed by atoms with Crippen LogP contribution in [-0.4, -0.2) is 24.0 Å². The smallest absolute Gasteiger partial charge is 0.244 e. The zero-order valence-corrected chi connectivity index (χ0v) is 11.8. The highest BCUT2D eigenvalue weighted by Crippen LogP contribution is 2.17. The Hall–Kier alpha value is -2.08. The van der Waals surface area contributed by atoms with Crippen molar-refractivity contribution in [1.82, 2.24) is 0 Å². The Morgan fingerprint density at radius 1 is 1.30 bits per heavy atom. The first-order chi connectivity index (χ1) is 9.35. The van der Waals surface area contributed by atoms with Gasteiger partial charge in [-0.3, -0.25) is 9.59 Å². The molecule has 0 aromatic heterocycles. The highest BCUT2D eigenvalue weighted by Gasteiger charge is 2.25. The lowest BCUT2D eigenvalue weighted by Crippen LogP contribution is -2.47. The van der Waals surface area contributed by atoms with Crippen LogP contribution in [0.1, 0.15) is 26.7 Å². The maximum atomic E-state index is 11.9. The van der Waals surface area contributed by atoms with E-state index in [4.69, 9.17) is 16.2 Å². The van der Waals surface area contributed by atoms with Crippen molar-refractivity contribution < 1.29 is 14.3 Å². The van der Waals surface area contributed by atoms with Gasteiger partial charge in [-0.1, -0.05) is 6.92 Å². The second-order valence-electron chi connectivity index (χ2n) is 4.81. The summed E-state index contributed by atoms with van der Waals surface area (Å²) in [5, 5.41) is 2.74. The van der Waals surface area contributed by atoms with Crippen LogP contribution >= 0.6 is 0 Å². The Bertz CT molecular complexity index is 469. The van der Waals surface area contributed by atoms with Crippen LogP contribution in [-0.2, 0) is 9.59 Å². The van der Waals surface area contributed by atoms with Gasteiger partial charge in [-0.15, -0.1) is 0 Å². The molecule has 110 valence electrons. The summed E-state index contributed by atoms with van der Waals surface area (Å²) in [6.45, 7) is 3.77. The summed E-state index contributed by atoms with van der Waals surface area (Å²) in [5.74, 6) is -0.0340. The van der Waals surface area contributed by atoms with E-state index < -0.39 is 11.4 Å². The van der Waals surface area contributed by atoms with Crippen molar-refractivity contribution in [3.8, 4) is 5.75 Å². The third kappa shape index (κ3) is 4.89. The van der Waals surface area contributed by atoms with Gasteiger partial charge < -0.3 is 21.5 Å². The van der Waals surface area contributed by atoms with Gasteiger partial charge in [0.25, 0.3) is 0 Å². The van der Waals surface area contributed by atoms with Crippen LogP contribution in [0.2, 0.25) is 0 Å². The van der Waals surface area contributed by atoms with E-state index in [1.54, 1.807) is 31.2 Å². The second kappa shape index (κ2) is 6.91. The molecule has 6 heteroatoms. The Morgan fingerprint density at radius 3 is 2.40 bits per heavy atom. The van der Waals surface area contributed by atoms with Crippen molar-refractivity contribution in [2.75, 3.05) is 11.9 Å². The number of hydrogen-bond acceptors (Lipinski definition) is 4. The van der Waals surface area contributed by atoms with Crippen molar-refractivity contribution in [2.45, 2.75) is 32.2 Å². The summed E-state index contributed by atoms with van der Waals surface area (Å²) in [5.41, 5.74) is 10.6. The van der Waals surface area contributed by atoms with Gasteiger partial charge in [0, 0.05) is 5.69 Å². The van der Waals surface area contributed by atoms with E-state index in [0.29, 0.717) is 17.9 Å². The molecule has 0 radical (unpaired) electrons. The zero-order valence-electron chi connectivity index (χ0n) is 11.8. The number of hydrogen-bond donors (Lipinski definition) is 3. The topological polar surface area (TPSA) is 107 Å². The monoisotopic (exact) mass is 279 g/mol. The third-order valence-electron chi connectivity index (χ3n) is 2.98. The van der Waals surface area contributed by atoms with Crippen molar-refractivity contribution in [1.29, 1.82) is 0 Å². The van der Waals surface area contributed by atoms with E-state index in [1.165, 1.54) is 0 Å². The molecule has 1 atom stereocenters. The molecule has 1 aromatic rings. The van der Waals surface area contributed by atoms with Crippen LogP contribution in [0, 0.1) is 0 Å². The van der Waals surface area contributed by atoms with Crippen molar-refractivity contribution in [3.05, 3.63) is 24.3 Å². The fourth-order valence-electron chi connectivity index (χ4n) is 1.34. The number of carbonyl (C=O) groups is 2. The molecule has 6 nitrogen and oxygen atoms in total. The molecule has 0 bridgehead atoms. The van der Waals surface area contributed by atoms with Gasteiger partial charge >= 0.3 is 0 Å². The fourth-order valence-corrected chi connectivity index (χ4v) is 1.34. The minimum atomic E-state index is -0.892. The normalized spacial score (nSPS) is 13.3. The van der Waals surface area contributed by atoms with Gasteiger partial charge in [-0.25, -0.2) is 0 Å². The molecule has 0 aliphatic rings. The molecule has 0 saturated carbocycles. The van der Waals surface area contributed by atoms with Crippen molar-refractivity contribution in [2.24, 2.45) is 11.5 Å². The highest BCUT2D eigenvalue weighted by molar-refractivity contribution is 5.97. The SMILES string of the molecule is CCC(C)(N)C(=O)Nc1ccc(OCCC(N)=O)cc1. The molecule has 0 heterocycles. The van der Waals surface area contributed by atoms with E-state index in [1.807, 2.05) is 6.92 Å². The van der Waals surface area contributed by atoms with Gasteiger partial charge in [0.2, 0.25) is 11.8 Å². The molecular formula is C14H21N3O3. The second-order valence-corrected chi connectivity index (χ2v) is 4.81. The molecule has 1 rings (SSSR count). The van der Waals surface area contributed by atoms with E-state index in [2.05, 4.69) is 5.32 Å². The summed E-state index contributed by atoms with van der Waals surface area (Å²) in [7, 11) is 0. The zero-order chi connectivity index (χ0) is 15.2. The number of anilines is 1. The van der Waals surface area contributed by atoms with Crippen molar-refractivity contribution in [3.63, 3.8) is 0 Å². The Morgan fingerprint density at radius 2 is 1.90 bits per heavy atom. The minimum absolute atomic E-state index is 0.167.